The van der Waals surface area contributed by atoms with Gasteiger partial charge in [0.25, 0.3) is 5.69 Å². The lowest BCUT2D eigenvalue weighted by molar-refractivity contribution is -0.385. The molecule has 1 saturated heterocycles. The fourth-order valence-corrected chi connectivity index (χ4v) is 2.43. The highest BCUT2D eigenvalue weighted by Gasteiger charge is 2.16. The molecule has 0 saturated carbocycles. The molecule has 19 heavy (non-hydrogen) atoms. The molecule has 1 aromatic rings. The van der Waals surface area contributed by atoms with Crippen LogP contribution in [0.25, 0.3) is 0 Å². The summed E-state index contributed by atoms with van der Waals surface area (Å²) in [5, 5.41) is 14.7. The molecule has 0 spiro atoms. The van der Waals surface area contributed by atoms with Crippen LogP contribution in [-0.2, 0) is 11.3 Å². The topological polar surface area (TPSA) is 64.4 Å². The van der Waals surface area contributed by atoms with E-state index < -0.39 is 0 Å². The number of nitrogens with one attached hydrogen (secondary N) is 1. The van der Waals surface area contributed by atoms with Crippen LogP contribution in [-0.4, -0.2) is 24.7 Å². The van der Waals surface area contributed by atoms with Gasteiger partial charge in [0.15, 0.2) is 0 Å². The van der Waals surface area contributed by atoms with Crippen LogP contribution < -0.4 is 5.32 Å². The van der Waals surface area contributed by atoms with Gasteiger partial charge in [0.1, 0.15) is 0 Å². The lowest BCUT2D eigenvalue weighted by Gasteiger charge is -2.22. The van der Waals surface area contributed by atoms with Gasteiger partial charge < -0.3 is 10.1 Å². The Morgan fingerprint density at radius 1 is 1.42 bits per heavy atom. The Morgan fingerprint density at radius 2 is 2.16 bits per heavy atom. The van der Waals surface area contributed by atoms with E-state index in [0.717, 1.165) is 32.6 Å². The number of nitro groups is 1. The van der Waals surface area contributed by atoms with E-state index in [1.165, 1.54) is 6.07 Å². The number of hydrogen-bond donors (Lipinski definition) is 1. The van der Waals surface area contributed by atoms with Crippen molar-refractivity contribution in [1.29, 1.82) is 0 Å². The summed E-state index contributed by atoms with van der Waals surface area (Å²) in [6, 6.07) is 4.64. The van der Waals surface area contributed by atoms with E-state index >= 15 is 0 Å². The molecule has 1 aliphatic rings. The van der Waals surface area contributed by atoms with Crippen LogP contribution in [0.3, 0.4) is 0 Å². The summed E-state index contributed by atoms with van der Waals surface area (Å²) in [5.74, 6) is 0.590. The van der Waals surface area contributed by atoms with E-state index in [9.17, 15) is 10.1 Å². The highest BCUT2D eigenvalue weighted by Crippen LogP contribution is 2.22. The van der Waals surface area contributed by atoms with Gasteiger partial charge >= 0.3 is 0 Å². The van der Waals surface area contributed by atoms with Crippen LogP contribution in [0.15, 0.2) is 18.2 Å². The molecule has 0 bridgehead atoms. The smallest absolute Gasteiger partial charge is 0.273 e. The van der Waals surface area contributed by atoms with E-state index in [2.05, 4.69) is 5.32 Å². The molecular formula is C13H17ClN2O3. The largest absolute Gasteiger partial charge is 0.381 e. The van der Waals surface area contributed by atoms with Crippen LogP contribution in [0.2, 0.25) is 5.02 Å². The highest BCUT2D eigenvalue weighted by atomic mass is 35.5. The summed E-state index contributed by atoms with van der Waals surface area (Å²) in [7, 11) is 0. The van der Waals surface area contributed by atoms with Crippen LogP contribution in [0.1, 0.15) is 18.4 Å². The van der Waals surface area contributed by atoms with Crippen molar-refractivity contribution >= 4 is 17.3 Å². The molecule has 0 unspecified atom stereocenters. The Labute approximate surface area is 117 Å². The van der Waals surface area contributed by atoms with Gasteiger partial charge in [-0.05, 0) is 37.4 Å². The number of ether oxygens (including phenoxy) is 1. The van der Waals surface area contributed by atoms with Crippen molar-refractivity contribution in [2.75, 3.05) is 19.8 Å². The summed E-state index contributed by atoms with van der Waals surface area (Å²) in [5.41, 5.74) is 0.744. The Morgan fingerprint density at radius 3 is 2.84 bits per heavy atom. The third kappa shape index (κ3) is 4.16. The normalized spacial score (nSPS) is 16.5. The number of rotatable bonds is 5. The van der Waals surface area contributed by atoms with Gasteiger partial charge in [0, 0.05) is 36.4 Å². The number of benzene rings is 1. The summed E-state index contributed by atoms with van der Waals surface area (Å²) in [6.07, 6.45) is 2.09. The molecule has 1 N–H and O–H groups in total. The fraction of sp³-hybridized carbons (Fsp3) is 0.538. The maximum absolute atomic E-state index is 10.9. The Bertz CT molecular complexity index is 448. The van der Waals surface area contributed by atoms with Gasteiger partial charge in [-0.3, -0.25) is 10.1 Å². The molecule has 6 heteroatoms. The molecule has 0 atom stereocenters. The second-order valence-electron chi connectivity index (χ2n) is 4.72. The summed E-state index contributed by atoms with van der Waals surface area (Å²) in [6.45, 7) is 2.94. The van der Waals surface area contributed by atoms with Crippen molar-refractivity contribution in [2.45, 2.75) is 19.4 Å². The second kappa shape index (κ2) is 6.84. The Kier molecular flexibility index (Phi) is 5.13. The third-order valence-corrected chi connectivity index (χ3v) is 3.56. The number of nitro benzene ring substituents is 1. The minimum atomic E-state index is -0.373. The average Bonchev–Trinajstić information content (AvgIpc) is 2.39. The van der Waals surface area contributed by atoms with Crippen LogP contribution >= 0.6 is 11.6 Å². The molecule has 1 fully saturated rings. The SMILES string of the molecule is O=[N+]([O-])c1ccc(Cl)cc1CNCC1CCOCC1. The zero-order valence-corrected chi connectivity index (χ0v) is 11.4. The molecule has 0 aliphatic carbocycles. The fourth-order valence-electron chi connectivity index (χ4n) is 2.24. The quantitative estimate of drug-likeness (QED) is 0.667. The Hall–Kier alpha value is -1.17. The maximum Gasteiger partial charge on any atom is 0.273 e. The summed E-state index contributed by atoms with van der Waals surface area (Å²) < 4.78 is 5.30. The lowest BCUT2D eigenvalue weighted by atomic mass is 10.0. The molecule has 1 heterocycles. The van der Waals surface area contributed by atoms with Crippen molar-refractivity contribution in [3.63, 3.8) is 0 Å². The zero-order valence-electron chi connectivity index (χ0n) is 10.6. The van der Waals surface area contributed by atoms with Crippen LogP contribution in [0.5, 0.6) is 0 Å². The molecule has 1 aliphatic heterocycles. The van der Waals surface area contributed by atoms with Crippen molar-refractivity contribution in [3.05, 3.63) is 38.9 Å². The maximum atomic E-state index is 10.9. The summed E-state index contributed by atoms with van der Waals surface area (Å²) >= 11 is 5.88. The van der Waals surface area contributed by atoms with Gasteiger partial charge in [-0.15, -0.1) is 0 Å². The lowest BCUT2D eigenvalue weighted by Crippen LogP contribution is -2.27. The van der Waals surface area contributed by atoms with E-state index in [1.54, 1.807) is 12.1 Å². The first kappa shape index (κ1) is 14.2. The number of hydrogen-bond acceptors (Lipinski definition) is 4. The van der Waals surface area contributed by atoms with Gasteiger partial charge in [0.2, 0.25) is 0 Å². The first-order valence-electron chi connectivity index (χ1n) is 6.38. The predicted octanol–water partition coefficient (Wildman–Crippen LogP) is 2.76. The van der Waals surface area contributed by atoms with Crippen molar-refractivity contribution in [1.82, 2.24) is 5.32 Å². The molecular weight excluding hydrogens is 268 g/mol. The van der Waals surface area contributed by atoms with Gasteiger partial charge in [-0.25, -0.2) is 0 Å². The molecule has 104 valence electrons. The van der Waals surface area contributed by atoms with Crippen molar-refractivity contribution in [2.24, 2.45) is 5.92 Å². The van der Waals surface area contributed by atoms with Crippen molar-refractivity contribution in [3.8, 4) is 0 Å². The van der Waals surface area contributed by atoms with Gasteiger partial charge in [-0.2, -0.15) is 0 Å². The minimum Gasteiger partial charge on any atom is -0.381 e. The first-order chi connectivity index (χ1) is 9.16. The molecule has 2 rings (SSSR count). The third-order valence-electron chi connectivity index (χ3n) is 3.33. The van der Waals surface area contributed by atoms with Gasteiger partial charge in [-0.1, -0.05) is 11.6 Å². The minimum absolute atomic E-state index is 0.115. The van der Waals surface area contributed by atoms with E-state index in [-0.39, 0.29) is 10.6 Å². The number of nitrogens with zero attached hydrogens (tertiary/aromatic N) is 1. The van der Waals surface area contributed by atoms with E-state index in [1.807, 2.05) is 0 Å². The molecule has 0 aromatic heterocycles. The van der Waals surface area contributed by atoms with E-state index in [0.29, 0.717) is 23.0 Å². The van der Waals surface area contributed by atoms with Gasteiger partial charge in [0.05, 0.1) is 4.92 Å². The average molecular weight is 285 g/mol. The van der Waals surface area contributed by atoms with E-state index in [4.69, 9.17) is 16.3 Å². The molecule has 0 radical (unpaired) electrons. The Balaban J connectivity index is 1.91. The zero-order chi connectivity index (χ0) is 13.7. The second-order valence-corrected chi connectivity index (χ2v) is 5.15. The molecule has 0 amide bonds. The summed E-state index contributed by atoms with van der Waals surface area (Å²) in [4.78, 5) is 10.5. The molecule has 5 nitrogen and oxygen atoms in total. The van der Waals surface area contributed by atoms with Crippen LogP contribution in [0.4, 0.5) is 5.69 Å². The van der Waals surface area contributed by atoms with Crippen molar-refractivity contribution < 1.29 is 9.66 Å². The first-order valence-corrected chi connectivity index (χ1v) is 6.76. The predicted molar refractivity (Wildman–Crippen MR) is 73.4 cm³/mol. The highest BCUT2D eigenvalue weighted by molar-refractivity contribution is 6.30. The molecule has 1 aromatic carbocycles. The monoisotopic (exact) mass is 284 g/mol. The number of halogens is 1. The standard InChI is InChI=1S/C13H17ClN2O3/c14-12-1-2-13(16(17)18)11(7-12)9-15-8-10-3-5-19-6-4-10/h1-2,7,10,15H,3-6,8-9H2. The van der Waals surface area contributed by atoms with Crippen LogP contribution in [0, 0.1) is 16.0 Å².